The summed E-state index contributed by atoms with van der Waals surface area (Å²) in [5.74, 6) is -1.25. The first kappa shape index (κ1) is 23.3. The van der Waals surface area contributed by atoms with Gasteiger partial charge in [0.25, 0.3) is 17.4 Å². The van der Waals surface area contributed by atoms with Crippen molar-refractivity contribution in [1.29, 1.82) is 0 Å². The third kappa shape index (κ3) is 5.45. The van der Waals surface area contributed by atoms with E-state index < -0.39 is 24.4 Å². The average Bonchev–Trinajstić information content (AvgIpc) is 2.83. The molecule has 0 aliphatic heterocycles. The lowest BCUT2D eigenvalue weighted by Gasteiger charge is -2.11. The third-order valence-corrected chi connectivity index (χ3v) is 4.67. The van der Waals surface area contributed by atoms with E-state index in [0.29, 0.717) is 28.0 Å². The van der Waals surface area contributed by atoms with Crippen LogP contribution in [0, 0.1) is 0 Å². The molecule has 2 amide bonds. The summed E-state index contributed by atoms with van der Waals surface area (Å²) in [7, 11) is 4.39. The first-order chi connectivity index (χ1) is 15.8. The maximum atomic E-state index is 12.2. The summed E-state index contributed by atoms with van der Waals surface area (Å²) in [6.07, 6.45) is -0.236. The van der Waals surface area contributed by atoms with Crippen molar-refractivity contribution in [3.8, 4) is 11.5 Å². The fourth-order valence-electron chi connectivity index (χ4n) is 3.05. The second kappa shape index (κ2) is 10.3. The Morgan fingerprint density at radius 2 is 1.67 bits per heavy atom. The standard InChI is InChI=1S/C22H22N4O7/c1-26-22(30)15-7-5-4-6-14(15)16(25-26)11-20(28)33-12-19(27)23-24-21(29)13-8-9-17(31-2)18(10-13)32-3/h4-10H,11-12H2,1-3H3,(H,23,27)(H,24,29). The smallest absolute Gasteiger partial charge is 0.312 e. The van der Waals surface area contributed by atoms with Gasteiger partial charge in [-0.05, 0) is 24.3 Å². The molecule has 0 aliphatic carbocycles. The molecule has 11 heteroatoms. The molecule has 172 valence electrons. The van der Waals surface area contributed by atoms with E-state index >= 15 is 0 Å². The fourth-order valence-corrected chi connectivity index (χ4v) is 3.05. The Bertz CT molecular complexity index is 1270. The predicted octanol–water partition coefficient (Wildman–Crippen LogP) is 0.498. The molecule has 1 aromatic heterocycles. The first-order valence-electron chi connectivity index (χ1n) is 9.75. The molecule has 3 aromatic rings. The fraction of sp³-hybridized carbons (Fsp3) is 0.227. The lowest BCUT2D eigenvalue weighted by atomic mass is 10.1. The lowest BCUT2D eigenvalue weighted by Crippen LogP contribution is -2.43. The predicted molar refractivity (Wildman–Crippen MR) is 117 cm³/mol. The van der Waals surface area contributed by atoms with E-state index in [1.165, 1.54) is 33.4 Å². The summed E-state index contributed by atoms with van der Waals surface area (Å²) in [5.41, 5.74) is 4.67. The van der Waals surface area contributed by atoms with Gasteiger partial charge in [0, 0.05) is 18.0 Å². The van der Waals surface area contributed by atoms with Gasteiger partial charge in [0.15, 0.2) is 18.1 Å². The molecule has 0 spiro atoms. The van der Waals surface area contributed by atoms with Crippen LogP contribution in [0.5, 0.6) is 11.5 Å². The van der Waals surface area contributed by atoms with Crippen LogP contribution in [0.25, 0.3) is 10.8 Å². The van der Waals surface area contributed by atoms with Crippen LogP contribution in [-0.4, -0.2) is 48.4 Å². The Morgan fingerprint density at radius 1 is 0.970 bits per heavy atom. The normalized spacial score (nSPS) is 10.4. The number of nitrogens with one attached hydrogen (secondary N) is 2. The van der Waals surface area contributed by atoms with Crippen molar-refractivity contribution in [3.63, 3.8) is 0 Å². The second-order valence-corrected chi connectivity index (χ2v) is 6.83. The molecule has 2 aromatic carbocycles. The van der Waals surface area contributed by atoms with E-state index in [9.17, 15) is 19.2 Å². The monoisotopic (exact) mass is 454 g/mol. The van der Waals surface area contributed by atoms with Gasteiger partial charge in [-0.15, -0.1) is 0 Å². The highest BCUT2D eigenvalue weighted by Gasteiger charge is 2.15. The average molecular weight is 454 g/mol. The van der Waals surface area contributed by atoms with Gasteiger partial charge in [0.05, 0.1) is 31.7 Å². The van der Waals surface area contributed by atoms with Gasteiger partial charge in [0.1, 0.15) is 0 Å². The van der Waals surface area contributed by atoms with Crippen LogP contribution in [0.2, 0.25) is 0 Å². The molecule has 0 atom stereocenters. The summed E-state index contributed by atoms with van der Waals surface area (Å²) in [4.78, 5) is 48.5. The van der Waals surface area contributed by atoms with Gasteiger partial charge in [0.2, 0.25) is 0 Å². The zero-order valence-electron chi connectivity index (χ0n) is 18.2. The summed E-state index contributed by atoms with van der Waals surface area (Å²) in [6, 6.07) is 11.3. The van der Waals surface area contributed by atoms with E-state index in [-0.39, 0.29) is 17.5 Å². The van der Waals surface area contributed by atoms with Gasteiger partial charge >= 0.3 is 5.97 Å². The molecule has 33 heavy (non-hydrogen) atoms. The number of benzene rings is 2. The van der Waals surface area contributed by atoms with E-state index in [1.807, 2.05) is 0 Å². The molecular weight excluding hydrogens is 432 g/mol. The number of ether oxygens (including phenoxy) is 3. The molecule has 0 unspecified atom stereocenters. The lowest BCUT2D eigenvalue weighted by molar-refractivity contribution is -0.148. The Hall–Kier alpha value is -4.41. The van der Waals surface area contributed by atoms with Crippen LogP contribution in [-0.2, 0) is 27.8 Å². The highest BCUT2D eigenvalue weighted by molar-refractivity contribution is 5.96. The van der Waals surface area contributed by atoms with Crippen molar-refractivity contribution in [3.05, 3.63) is 64.1 Å². The van der Waals surface area contributed by atoms with Gasteiger partial charge in [-0.1, -0.05) is 18.2 Å². The van der Waals surface area contributed by atoms with Crippen LogP contribution in [0.15, 0.2) is 47.3 Å². The molecule has 2 N–H and O–H groups in total. The Balaban J connectivity index is 1.54. The molecule has 3 rings (SSSR count). The Kier molecular flexibility index (Phi) is 7.24. The summed E-state index contributed by atoms with van der Waals surface area (Å²) in [5, 5.41) is 5.07. The highest BCUT2D eigenvalue weighted by Crippen LogP contribution is 2.27. The van der Waals surface area contributed by atoms with Crippen LogP contribution in [0.4, 0.5) is 0 Å². The number of carbonyl (C=O) groups is 3. The summed E-state index contributed by atoms with van der Waals surface area (Å²) >= 11 is 0. The van der Waals surface area contributed by atoms with E-state index in [0.717, 1.165) is 4.68 Å². The molecular formula is C22H22N4O7. The zero-order chi connectivity index (χ0) is 24.0. The summed E-state index contributed by atoms with van der Waals surface area (Å²) in [6.45, 7) is -0.616. The number of aryl methyl sites for hydroxylation is 1. The van der Waals surface area contributed by atoms with Crippen molar-refractivity contribution in [2.45, 2.75) is 6.42 Å². The van der Waals surface area contributed by atoms with Gasteiger partial charge in [-0.2, -0.15) is 5.10 Å². The number of hydrogen-bond donors (Lipinski definition) is 2. The number of hydrazine groups is 1. The SMILES string of the molecule is COc1ccc(C(=O)NNC(=O)COC(=O)Cc2nn(C)c(=O)c3ccccc23)cc1OC. The van der Waals surface area contributed by atoms with Gasteiger partial charge in [-0.25, -0.2) is 4.68 Å². The summed E-state index contributed by atoms with van der Waals surface area (Å²) < 4.78 is 16.3. The number of fused-ring (bicyclic) bond motifs is 1. The molecule has 0 radical (unpaired) electrons. The first-order valence-corrected chi connectivity index (χ1v) is 9.75. The number of carbonyl (C=O) groups excluding carboxylic acids is 3. The van der Waals surface area contributed by atoms with Gasteiger partial charge < -0.3 is 14.2 Å². The quantitative estimate of drug-likeness (QED) is 0.389. The van der Waals surface area contributed by atoms with Crippen LogP contribution < -0.4 is 25.9 Å². The molecule has 11 nitrogen and oxygen atoms in total. The van der Waals surface area contributed by atoms with Crippen LogP contribution in [0.3, 0.4) is 0 Å². The van der Waals surface area contributed by atoms with Crippen LogP contribution in [0.1, 0.15) is 16.1 Å². The third-order valence-electron chi connectivity index (χ3n) is 4.67. The number of rotatable bonds is 7. The van der Waals surface area contributed by atoms with Crippen molar-refractivity contribution < 1.29 is 28.6 Å². The minimum atomic E-state index is -0.740. The topological polar surface area (TPSA) is 138 Å². The number of hydrogen-bond acceptors (Lipinski definition) is 8. The minimum Gasteiger partial charge on any atom is -0.493 e. The molecule has 1 heterocycles. The number of aromatic nitrogens is 2. The van der Waals surface area contributed by atoms with E-state index in [2.05, 4.69) is 16.0 Å². The second-order valence-electron chi connectivity index (χ2n) is 6.83. The van der Waals surface area contributed by atoms with Crippen molar-refractivity contribution in [2.75, 3.05) is 20.8 Å². The van der Waals surface area contributed by atoms with Crippen molar-refractivity contribution >= 4 is 28.6 Å². The van der Waals surface area contributed by atoms with Crippen molar-refractivity contribution in [2.24, 2.45) is 7.05 Å². The molecule has 0 saturated carbocycles. The molecule has 0 fully saturated rings. The largest absolute Gasteiger partial charge is 0.493 e. The molecule has 0 aliphatic rings. The number of amides is 2. The van der Waals surface area contributed by atoms with E-state index in [4.69, 9.17) is 14.2 Å². The molecule has 0 saturated heterocycles. The van der Waals surface area contributed by atoms with E-state index in [1.54, 1.807) is 30.3 Å². The molecule has 0 bridgehead atoms. The Morgan fingerprint density at radius 3 is 2.36 bits per heavy atom. The van der Waals surface area contributed by atoms with Crippen LogP contribution >= 0.6 is 0 Å². The number of nitrogens with zero attached hydrogens (tertiary/aromatic N) is 2. The maximum absolute atomic E-state index is 12.2. The zero-order valence-corrected chi connectivity index (χ0v) is 18.2. The van der Waals surface area contributed by atoms with Gasteiger partial charge in [-0.3, -0.25) is 30.0 Å². The Labute approximate surface area is 188 Å². The maximum Gasteiger partial charge on any atom is 0.312 e. The number of esters is 1. The highest BCUT2D eigenvalue weighted by atomic mass is 16.5. The van der Waals surface area contributed by atoms with Crippen molar-refractivity contribution in [1.82, 2.24) is 20.6 Å². The minimum absolute atomic E-state index is 0.220. The number of methoxy groups -OCH3 is 2.